The van der Waals surface area contributed by atoms with Gasteiger partial charge in [-0.1, -0.05) is 18.2 Å². The van der Waals surface area contributed by atoms with Crippen LogP contribution in [0.25, 0.3) is 6.08 Å². The van der Waals surface area contributed by atoms with Crippen molar-refractivity contribution < 1.29 is 14.3 Å². The summed E-state index contributed by atoms with van der Waals surface area (Å²) in [6.07, 6.45) is 6.50. The molecule has 0 radical (unpaired) electrons. The van der Waals surface area contributed by atoms with Crippen LogP contribution in [0.4, 0.5) is 0 Å². The van der Waals surface area contributed by atoms with Gasteiger partial charge in [-0.25, -0.2) is 4.79 Å². The predicted octanol–water partition coefficient (Wildman–Crippen LogP) is 3.15. The zero-order valence-electron chi connectivity index (χ0n) is 12.8. The summed E-state index contributed by atoms with van der Waals surface area (Å²) in [7, 11) is 1.34. The molecule has 22 heavy (non-hydrogen) atoms. The lowest BCUT2D eigenvalue weighted by Gasteiger charge is -2.02. The average Bonchev–Trinajstić information content (AvgIpc) is 3.02. The third kappa shape index (κ3) is 3.69. The van der Waals surface area contributed by atoms with Crippen LogP contribution >= 0.6 is 0 Å². The van der Waals surface area contributed by atoms with Crippen molar-refractivity contribution in [2.45, 2.75) is 19.9 Å². The standard InChI is InChI=1S/C17H18N2O3/c1-12(2)19-11-15(10-18-19)16(20)9-6-13-4-7-14(8-5-13)17(21)22-3/h4-12H,1-3H3. The molecule has 0 aliphatic heterocycles. The van der Waals surface area contributed by atoms with E-state index in [-0.39, 0.29) is 17.8 Å². The van der Waals surface area contributed by atoms with E-state index < -0.39 is 0 Å². The Balaban J connectivity index is 2.07. The Bertz CT molecular complexity index is 697. The van der Waals surface area contributed by atoms with Gasteiger partial charge in [-0.3, -0.25) is 9.48 Å². The van der Waals surface area contributed by atoms with Crippen LogP contribution in [0.3, 0.4) is 0 Å². The first-order valence-corrected chi connectivity index (χ1v) is 6.96. The van der Waals surface area contributed by atoms with E-state index in [1.54, 1.807) is 47.4 Å². The highest BCUT2D eigenvalue weighted by Crippen LogP contribution is 2.10. The number of carbonyl (C=O) groups excluding carboxylic acids is 2. The highest BCUT2D eigenvalue weighted by atomic mass is 16.5. The molecule has 0 bridgehead atoms. The third-order valence-electron chi connectivity index (χ3n) is 3.17. The summed E-state index contributed by atoms with van der Waals surface area (Å²) in [5.74, 6) is -0.489. The van der Waals surface area contributed by atoms with Gasteiger partial charge in [0, 0.05) is 12.2 Å². The minimum Gasteiger partial charge on any atom is -0.465 e. The number of rotatable bonds is 5. The summed E-state index contributed by atoms with van der Waals surface area (Å²) >= 11 is 0. The molecule has 0 spiro atoms. The van der Waals surface area contributed by atoms with E-state index in [4.69, 9.17) is 0 Å². The molecule has 1 heterocycles. The second-order valence-corrected chi connectivity index (χ2v) is 5.11. The second-order valence-electron chi connectivity index (χ2n) is 5.11. The van der Waals surface area contributed by atoms with E-state index in [2.05, 4.69) is 9.84 Å². The lowest BCUT2D eigenvalue weighted by molar-refractivity contribution is 0.0600. The van der Waals surface area contributed by atoms with Crippen molar-refractivity contribution in [3.05, 3.63) is 59.4 Å². The van der Waals surface area contributed by atoms with Gasteiger partial charge in [-0.15, -0.1) is 0 Å². The van der Waals surface area contributed by atoms with Crippen LogP contribution in [0.2, 0.25) is 0 Å². The number of aromatic nitrogens is 2. The predicted molar refractivity (Wildman–Crippen MR) is 83.8 cm³/mol. The Labute approximate surface area is 129 Å². The number of hydrogen-bond donors (Lipinski definition) is 0. The van der Waals surface area contributed by atoms with Crippen molar-refractivity contribution in [2.75, 3.05) is 7.11 Å². The number of ether oxygens (including phenoxy) is 1. The quantitative estimate of drug-likeness (QED) is 0.483. The van der Waals surface area contributed by atoms with Crippen molar-refractivity contribution in [1.82, 2.24) is 9.78 Å². The zero-order valence-corrected chi connectivity index (χ0v) is 12.8. The molecule has 5 heteroatoms. The molecule has 0 unspecified atom stereocenters. The van der Waals surface area contributed by atoms with Gasteiger partial charge in [0.25, 0.3) is 0 Å². The van der Waals surface area contributed by atoms with Gasteiger partial charge in [-0.2, -0.15) is 5.10 Å². The Morgan fingerprint density at radius 2 is 1.86 bits per heavy atom. The first kappa shape index (κ1) is 15.7. The number of carbonyl (C=O) groups is 2. The maximum Gasteiger partial charge on any atom is 0.337 e. The fourth-order valence-electron chi connectivity index (χ4n) is 1.86. The smallest absolute Gasteiger partial charge is 0.337 e. The molecule has 1 aromatic heterocycles. The summed E-state index contributed by atoms with van der Waals surface area (Å²) in [4.78, 5) is 23.4. The van der Waals surface area contributed by atoms with Gasteiger partial charge in [0.15, 0.2) is 5.78 Å². The lowest BCUT2D eigenvalue weighted by Crippen LogP contribution is -2.00. The van der Waals surface area contributed by atoms with E-state index in [0.29, 0.717) is 11.1 Å². The van der Waals surface area contributed by atoms with Crippen molar-refractivity contribution in [2.24, 2.45) is 0 Å². The maximum absolute atomic E-state index is 12.1. The van der Waals surface area contributed by atoms with Crippen LogP contribution in [0.1, 0.15) is 46.2 Å². The molecule has 0 amide bonds. The summed E-state index contributed by atoms with van der Waals surface area (Å²) < 4.78 is 6.38. The van der Waals surface area contributed by atoms with Gasteiger partial charge < -0.3 is 4.74 Å². The fourth-order valence-corrected chi connectivity index (χ4v) is 1.86. The molecule has 5 nitrogen and oxygen atoms in total. The minimum absolute atomic E-state index is 0.107. The van der Waals surface area contributed by atoms with Gasteiger partial charge in [0.2, 0.25) is 0 Å². The molecule has 0 saturated carbocycles. The van der Waals surface area contributed by atoms with Crippen LogP contribution in [0, 0.1) is 0 Å². The number of ketones is 1. The molecule has 2 rings (SSSR count). The first-order chi connectivity index (χ1) is 10.5. The molecule has 0 aliphatic rings. The third-order valence-corrected chi connectivity index (χ3v) is 3.17. The number of benzene rings is 1. The molecular formula is C17H18N2O3. The summed E-state index contributed by atoms with van der Waals surface area (Å²) in [6.45, 7) is 4.00. The Morgan fingerprint density at radius 3 is 2.41 bits per heavy atom. The molecule has 0 aliphatic carbocycles. The summed E-state index contributed by atoms with van der Waals surface area (Å²) in [5, 5.41) is 4.14. The Morgan fingerprint density at radius 1 is 1.18 bits per heavy atom. The molecular weight excluding hydrogens is 280 g/mol. The molecule has 0 atom stereocenters. The fraction of sp³-hybridized carbons (Fsp3) is 0.235. The van der Waals surface area contributed by atoms with Gasteiger partial charge in [0.1, 0.15) is 0 Å². The number of allylic oxidation sites excluding steroid dienone is 1. The molecule has 0 fully saturated rings. The second kappa shape index (κ2) is 6.85. The number of methoxy groups -OCH3 is 1. The number of hydrogen-bond acceptors (Lipinski definition) is 4. The van der Waals surface area contributed by atoms with E-state index in [9.17, 15) is 9.59 Å². The highest BCUT2D eigenvalue weighted by molar-refractivity contribution is 6.06. The largest absolute Gasteiger partial charge is 0.465 e. The normalized spacial score (nSPS) is 11.1. The summed E-state index contributed by atoms with van der Waals surface area (Å²) in [6, 6.07) is 7.05. The molecule has 0 saturated heterocycles. The van der Waals surface area contributed by atoms with Crippen molar-refractivity contribution in [1.29, 1.82) is 0 Å². The van der Waals surface area contributed by atoms with Gasteiger partial charge >= 0.3 is 5.97 Å². The van der Waals surface area contributed by atoms with Crippen molar-refractivity contribution >= 4 is 17.8 Å². The van der Waals surface area contributed by atoms with Crippen molar-refractivity contribution in [3.8, 4) is 0 Å². The van der Waals surface area contributed by atoms with Crippen LogP contribution < -0.4 is 0 Å². The molecule has 0 N–H and O–H groups in total. The SMILES string of the molecule is COC(=O)c1ccc(C=CC(=O)c2cnn(C(C)C)c2)cc1. The van der Waals surface area contributed by atoms with Crippen LogP contribution in [0.5, 0.6) is 0 Å². The monoisotopic (exact) mass is 298 g/mol. The topological polar surface area (TPSA) is 61.2 Å². The average molecular weight is 298 g/mol. The van der Waals surface area contributed by atoms with E-state index in [1.807, 2.05) is 13.8 Å². The van der Waals surface area contributed by atoms with Gasteiger partial charge in [0.05, 0.1) is 24.4 Å². The van der Waals surface area contributed by atoms with Gasteiger partial charge in [-0.05, 0) is 37.6 Å². The molecule has 1 aromatic carbocycles. The zero-order chi connectivity index (χ0) is 16.1. The minimum atomic E-state index is -0.382. The maximum atomic E-state index is 12.1. The highest BCUT2D eigenvalue weighted by Gasteiger charge is 2.07. The van der Waals surface area contributed by atoms with Crippen molar-refractivity contribution in [3.63, 3.8) is 0 Å². The first-order valence-electron chi connectivity index (χ1n) is 6.96. The van der Waals surface area contributed by atoms with Crippen LogP contribution in [0.15, 0.2) is 42.7 Å². The number of esters is 1. The Kier molecular flexibility index (Phi) is 4.88. The van der Waals surface area contributed by atoms with E-state index in [0.717, 1.165) is 5.56 Å². The van der Waals surface area contributed by atoms with Crippen LogP contribution in [-0.4, -0.2) is 28.6 Å². The molecule has 2 aromatic rings. The summed E-state index contributed by atoms with van der Waals surface area (Å²) in [5.41, 5.74) is 1.86. The van der Waals surface area contributed by atoms with Crippen LogP contribution in [-0.2, 0) is 4.74 Å². The number of nitrogens with zero attached hydrogens (tertiary/aromatic N) is 2. The van der Waals surface area contributed by atoms with E-state index >= 15 is 0 Å². The Hall–Kier alpha value is -2.69. The molecule has 114 valence electrons. The lowest BCUT2D eigenvalue weighted by atomic mass is 10.1. The van der Waals surface area contributed by atoms with E-state index in [1.165, 1.54) is 13.2 Å².